The molecule has 22 heavy (non-hydrogen) atoms. The Morgan fingerprint density at radius 1 is 0.864 bits per heavy atom. The molecule has 2 N–H and O–H groups in total. The summed E-state index contributed by atoms with van der Waals surface area (Å²) in [4.78, 5) is 20.0. The van der Waals surface area contributed by atoms with Gasteiger partial charge < -0.3 is 23.1 Å². The van der Waals surface area contributed by atoms with Crippen molar-refractivity contribution >= 4 is 16.4 Å². The molecule has 0 unspecified atom stereocenters. The quantitative estimate of drug-likeness (QED) is 0.388. The van der Waals surface area contributed by atoms with Crippen molar-refractivity contribution in [3.05, 3.63) is 0 Å². The maximum atomic E-state index is 12.3. The minimum atomic E-state index is -4.31. The highest BCUT2D eigenvalue weighted by Crippen LogP contribution is 2.59. The zero-order valence-electron chi connectivity index (χ0n) is 14.6. The summed E-state index contributed by atoms with van der Waals surface area (Å²) in [5.74, 6) is 0. The van der Waals surface area contributed by atoms with Gasteiger partial charge in [0, 0.05) is 25.9 Å². The van der Waals surface area contributed by atoms with E-state index in [9.17, 15) is 14.4 Å². The lowest BCUT2D eigenvalue weighted by molar-refractivity contribution is 0.0660. The van der Waals surface area contributed by atoms with E-state index in [2.05, 4.69) is 0 Å². The summed E-state index contributed by atoms with van der Waals surface area (Å²) < 4.78 is 29.7. The van der Waals surface area contributed by atoms with Crippen molar-refractivity contribution in [2.45, 2.75) is 71.5 Å². The Morgan fingerprint density at radius 3 is 1.45 bits per heavy atom. The molecule has 0 bridgehead atoms. The zero-order chi connectivity index (χ0) is 17.3. The normalized spacial score (nSPS) is 13.6. The molecule has 0 radical (unpaired) electrons. The van der Waals surface area contributed by atoms with Crippen LogP contribution in [0.25, 0.3) is 0 Å². The van der Waals surface area contributed by atoms with Gasteiger partial charge in [-0.2, -0.15) is 0 Å². The molecule has 0 aliphatic carbocycles. The standard InChI is InChI=1S/C14H33O6PSi/c1-6-11-14(12-7-2,21(15,16)17)13-22(18-8-3,19-9-4)20-10-5/h6-13H2,1-5H3,(H2,15,16,17). The number of hydrogen-bond donors (Lipinski definition) is 2. The van der Waals surface area contributed by atoms with Crippen LogP contribution < -0.4 is 0 Å². The molecule has 134 valence electrons. The van der Waals surface area contributed by atoms with E-state index in [1.54, 1.807) is 0 Å². The Kier molecular flexibility index (Phi) is 10.3. The number of hydrogen-bond acceptors (Lipinski definition) is 4. The van der Waals surface area contributed by atoms with Gasteiger partial charge >= 0.3 is 16.4 Å². The molecular weight excluding hydrogens is 323 g/mol. The second-order valence-electron chi connectivity index (χ2n) is 5.43. The first-order chi connectivity index (χ1) is 10.3. The van der Waals surface area contributed by atoms with Crippen LogP contribution in [0, 0.1) is 0 Å². The van der Waals surface area contributed by atoms with Gasteiger partial charge in [-0.3, -0.25) is 4.57 Å². The van der Waals surface area contributed by atoms with E-state index >= 15 is 0 Å². The van der Waals surface area contributed by atoms with Crippen LogP contribution in [0.3, 0.4) is 0 Å². The minimum absolute atomic E-state index is 0.168. The molecule has 0 fully saturated rings. The molecular formula is C14H33O6PSi. The lowest BCUT2D eigenvalue weighted by atomic mass is 9.99. The van der Waals surface area contributed by atoms with Gasteiger partial charge in [0.25, 0.3) is 0 Å². The van der Waals surface area contributed by atoms with Crippen LogP contribution in [0.2, 0.25) is 6.04 Å². The van der Waals surface area contributed by atoms with E-state index in [1.807, 2.05) is 34.6 Å². The van der Waals surface area contributed by atoms with Gasteiger partial charge in [-0.25, -0.2) is 0 Å². The molecule has 0 aromatic heterocycles. The summed E-state index contributed by atoms with van der Waals surface area (Å²) in [6.07, 6.45) is 2.26. The predicted molar refractivity (Wildman–Crippen MR) is 90.0 cm³/mol. The lowest BCUT2D eigenvalue weighted by Crippen LogP contribution is -2.52. The van der Waals surface area contributed by atoms with Crippen molar-refractivity contribution in [2.75, 3.05) is 19.8 Å². The lowest BCUT2D eigenvalue weighted by Gasteiger charge is -2.40. The molecule has 0 heterocycles. The molecule has 0 aliphatic rings. The van der Waals surface area contributed by atoms with Gasteiger partial charge in [0.2, 0.25) is 0 Å². The molecule has 6 nitrogen and oxygen atoms in total. The van der Waals surface area contributed by atoms with Gasteiger partial charge in [-0.1, -0.05) is 26.7 Å². The van der Waals surface area contributed by atoms with Crippen LogP contribution >= 0.6 is 7.60 Å². The highest BCUT2D eigenvalue weighted by molar-refractivity contribution is 7.53. The molecule has 0 rings (SSSR count). The molecule has 0 amide bonds. The first-order valence-corrected chi connectivity index (χ1v) is 11.8. The van der Waals surface area contributed by atoms with Crippen molar-refractivity contribution in [2.24, 2.45) is 0 Å². The highest BCUT2D eigenvalue weighted by atomic mass is 31.2. The Bertz CT molecular complexity index is 323. The Morgan fingerprint density at radius 2 is 1.23 bits per heavy atom. The average molecular weight is 356 g/mol. The van der Waals surface area contributed by atoms with E-state index in [0.717, 1.165) is 0 Å². The smallest absolute Gasteiger partial charge is 0.374 e. The van der Waals surface area contributed by atoms with Gasteiger partial charge in [0.15, 0.2) is 0 Å². The summed E-state index contributed by atoms with van der Waals surface area (Å²) in [5.41, 5.74) is 0. The Balaban J connectivity index is 5.72. The summed E-state index contributed by atoms with van der Waals surface area (Å²) in [6.45, 7) is 10.6. The van der Waals surface area contributed by atoms with E-state index in [0.29, 0.717) is 45.5 Å². The predicted octanol–water partition coefficient (Wildman–Crippen LogP) is 3.55. The molecule has 0 saturated carbocycles. The Labute approximate surface area is 136 Å². The molecule has 0 saturated heterocycles. The third-order valence-electron chi connectivity index (χ3n) is 3.69. The molecule has 0 aromatic carbocycles. The molecule has 0 aromatic rings. The summed E-state index contributed by atoms with van der Waals surface area (Å²) >= 11 is 0. The third-order valence-corrected chi connectivity index (χ3v) is 9.12. The van der Waals surface area contributed by atoms with Crippen LogP contribution in [0.1, 0.15) is 60.3 Å². The van der Waals surface area contributed by atoms with Gasteiger partial charge in [0.05, 0.1) is 5.16 Å². The largest absolute Gasteiger partial charge is 0.502 e. The molecule has 8 heteroatoms. The maximum Gasteiger partial charge on any atom is 0.502 e. The fourth-order valence-corrected chi connectivity index (χ4v) is 8.44. The monoisotopic (exact) mass is 356 g/mol. The van der Waals surface area contributed by atoms with Crippen molar-refractivity contribution < 1.29 is 27.6 Å². The fourth-order valence-electron chi connectivity index (χ4n) is 2.97. The van der Waals surface area contributed by atoms with Crippen molar-refractivity contribution in [3.8, 4) is 0 Å². The van der Waals surface area contributed by atoms with E-state index < -0.39 is 21.6 Å². The average Bonchev–Trinajstić information content (AvgIpc) is 2.38. The molecule has 0 spiro atoms. The van der Waals surface area contributed by atoms with Crippen LogP contribution in [0.4, 0.5) is 0 Å². The van der Waals surface area contributed by atoms with E-state index in [-0.39, 0.29) is 6.04 Å². The van der Waals surface area contributed by atoms with Crippen molar-refractivity contribution in [1.82, 2.24) is 0 Å². The topological polar surface area (TPSA) is 85.2 Å². The van der Waals surface area contributed by atoms with E-state index in [4.69, 9.17) is 13.3 Å². The third kappa shape index (κ3) is 6.04. The Hall–Kier alpha value is 0.247. The minimum Gasteiger partial charge on any atom is -0.374 e. The van der Waals surface area contributed by atoms with Crippen LogP contribution in [-0.4, -0.2) is 43.6 Å². The van der Waals surface area contributed by atoms with Crippen LogP contribution in [0.5, 0.6) is 0 Å². The van der Waals surface area contributed by atoms with E-state index in [1.165, 1.54) is 0 Å². The van der Waals surface area contributed by atoms with Gasteiger partial charge in [-0.05, 0) is 33.6 Å². The van der Waals surface area contributed by atoms with Crippen molar-refractivity contribution in [3.63, 3.8) is 0 Å². The van der Waals surface area contributed by atoms with Gasteiger partial charge in [0.1, 0.15) is 0 Å². The summed E-state index contributed by atoms with van der Waals surface area (Å²) in [6, 6.07) is 0.168. The highest BCUT2D eigenvalue weighted by Gasteiger charge is 2.55. The second-order valence-corrected chi connectivity index (χ2v) is 10.0. The SMILES string of the molecule is CCCC(CCC)(C[Si](OCC)(OCC)OCC)P(=O)(O)O. The summed E-state index contributed by atoms with van der Waals surface area (Å²) in [7, 11) is -7.42. The van der Waals surface area contributed by atoms with Crippen LogP contribution in [0.15, 0.2) is 0 Å². The first-order valence-electron chi connectivity index (χ1n) is 8.23. The summed E-state index contributed by atoms with van der Waals surface area (Å²) in [5, 5.41) is -1.12. The maximum absolute atomic E-state index is 12.3. The van der Waals surface area contributed by atoms with Gasteiger partial charge in [-0.15, -0.1) is 0 Å². The molecule has 0 atom stereocenters. The zero-order valence-corrected chi connectivity index (χ0v) is 16.5. The van der Waals surface area contributed by atoms with Crippen molar-refractivity contribution in [1.29, 1.82) is 0 Å². The first kappa shape index (κ1) is 22.2. The fraction of sp³-hybridized carbons (Fsp3) is 1.00. The van der Waals surface area contributed by atoms with Crippen LogP contribution in [-0.2, 0) is 17.8 Å². The number of rotatable bonds is 13. The second kappa shape index (κ2) is 10.2. The molecule has 0 aliphatic heterocycles.